The van der Waals surface area contributed by atoms with Crippen molar-refractivity contribution in [3.8, 4) is 0 Å². The normalized spacial score (nSPS) is 13.5. The molecule has 1 aromatic carbocycles. The van der Waals surface area contributed by atoms with Crippen LogP contribution in [0.25, 0.3) is 0 Å². The summed E-state index contributed by atoms with van der Waals surface area (Å²) < 4.78 is 0. The maximum atomic E-state index is 12.4. The third kappa shape index (κ3) is 4.23. The van der Waals surface area contributed by atoms with Crippen LogP contribution < -0.4 is 5.32 Å². The predicted molar refractivity (Wildman–Crippen MR) is 95.1 cm³/mol. The monoisotopic (exact) mass is 344 g/mol. The summed E-state index contributed by atoms with van der Waals surface area (Å²) >= 11 is 5.90. The average molecular weight is 345 g/mol. The molecule has 1 aromatic heterocycles. The van der Waals surface area contributed by atoms with Gasteiger partial charge in [-0.05, 0) is 30.9 Å². The van der Waals surface area contributed by atoms with Gasteiger partial charge < -0.3 is 10.2 Å². The van der Waals surface area contributed by atoms with Crippen LogP contribution in [0.3, 0.4) is 0 Å². The zero-order valence-corrected chi connectivity index (χ0v) is 14.5. The zero-order chi connectivity index (χ0) is 16.9. The third-order valence-electron chi connectivity index (χ3n) is 4.16. The van der Waals surface area contributed by atoms with Crippen molar-refractivity contribution in [1.82, 2.24) is 14.9 Å². The number of aryl methyl sites for hydroxylation is 1. The molecule has 5 nitrogen and oxygen atoms in total. The molecule has 0 unspecified atom stereocenters. The maximum absolute atomic E-state index is 12.4. The molecule has 1 amide bonds. The van der Waals surface area contributed by atoms with Gasteiger partial charge in [0.1, 0.15) is 16.8 Å². The van der Waals surface area contributed by atoms with Gasteiger partial charge in [0.25, 0.3) is 0 Å². The second kappa shape index (κ2) is 7.62. The summed E-state index contributed by atoms with van der Waals surface area (Å²) in [6.45, 7) is 4.02. The molecule has 0 aliphatic carbocycles. The van der Waals surface area contributed by atoms with Gasteiger partial charge in [-0.3, -0.25) is 4.79 Å². The van der Waals surface area contributed by atoms with E-state index in [2.05, 4.69) is 33.5 Å². The molecule has 24 heavy (non-hydrogen) atoms. The number of anilines is 1. The molecule has 0 bridgehead atoms. The largest absolute Gasteiger partial charge is 0.370 e. The van der Waals surface area contributed by atoms with E-state index >= 15 is 0 Å². The van der Waals surface area contributed by atoms with Crippen LogP contribution in [0.5, 0.6) is 0 Å². The van der Waals surface area contributed by atoms with Crippen LogP contribution in [-0.2, 0) is 17.8 Å². The lowest BCUT2D eigenvalue weighted by Crippen LogP contribution is -2.36. The van der Waals surface area contributed by atoms with Crippen LogP contribution in [0.2, 0.25) is 5.15 Å². The van der Waals surface area contributed by atoms with Gasteiger partial charge in [-0.2, -0.15) is 0 Å². The van der Waals surface area contributed by atoms with Crippen LogP contribution in [0.15, 0.2) is 30.3 Å². The van der Waals surface area contributed by atoms with Gasteiger partial charge in [0.05, 0.1) is 0 Å². The Bertz CT molecular complexity index is 714. The fourth-order valence-electron chi connectivity index (χ4n) is 2.94. The molecule has 2 aromatic rings. The molecule has 1 aliphatic heterocycles. The molecule has 6 heteroatoms. The van der Waals surface area contributed by atoms with E-state index in [1.165, 1.54) is 11.1 Å². The van der Waals surface area contributed by atoms with Gasteiger partial charge in [0.2, 0.25) is 5.91 Å². The molecule has 126 valence electrons. The number of halogens is 1. The Morgan fingerprint density at radius 2 is 2.08 bits per heavy atom. The van der Waals surface area contributed by atoms with Crippen LogP contribution in [-0.4, -0.2) is 33.9 Å². The topological polar surface area (TPSA) is 58.1 Å². The van der Waals surface area contributed by atoms with Gasteiger partial charge in [-0.15, -0.1) is 0 Å². The Morgan fingerprint density at radius 3 is 2.88 bits per heavy atom. The quantitative estimate of drug-likeness (QED) is 0.668. The first-order chi connectivity index (χ1) is 11.6. The van der Waals surface area contributed by atoms with Crippen molar-refractivity contribution < 1.29 is 4.79 Å². The molecule has 0 fully saturated rings. The second-order valence-corrected chi connectivity index (χ2v) is 6.37. The summed E-state index contributed by atoms with van der Waals surface area (Å²) in [6, 6.07) is 10.0. The predicted octanol–water partition coefficient (Wildman–Crippen LogP) is 3.22. The van der Waals surface area contributed by atoms with Crippen molar-refractivity contribution in [1.29, 1.82) is 0 Å². The van der Waals surface area contributed by atoms with E-state index in [0.29, 0.717) is 29.8 Å². The number of nitrogens with one attached hydrogen (secondary N) is 1. The number of aromatic nitrogens is 2. The van der Waals surface area contributed by atoms with Crippen molar-refractivity contribution in [2.24, 2.45) is 0 Å². The van der Waals surface area contributed by atoms with Crippen LogP contribution in [0.4, 0.5) is 5.82 Å². The minimum Gasteiger partial charge on any atom is -0.370 e. The van der Waals surface area contributed by atoms with E-state index in [1.807, 2.05) is 11.0 Å². The number of carbonyl (C=O) groups excluding carboxylic acids is 1. The van der Waals surface area contributed by atoms with Gasteiger partial charge in [0.15, 0.2) is 0 Å². The SMILES string of the molecule is Cc1nc(Cl)cc(NCCCC(=O)N2CCc3ccccc3C2)n1. The summed E-state index contributed by atoms with van der Waals surface area (Å²) in [7, 11) is 0. The highest BCUT2D eigenvalue weighted by molar-refractivity contribution is 6.29. The zero-order valence-electron chi connectivity index (χ0n) is 13.8. The maximum Gasteiger partial charge on any atom is 0.222 e. The molecule has 1 N–H and O–H groups in total. The van der Waals surface area contributed by atoms with Gasteiger partial charge in [0, 0.05) is 32.1 Å². The van der Waals surface area contributed by atoms with Crippen molar-refractivity contribution in [2.75, 3.05) is 18.4 Å². The number of amides is 1. The lowest BCUT2D eigenvalue weighted by atomic mass is 9.99. The molecule has 0 saturated heterocycles. The molecule has 0 saturated carbocycles. The lowest BCUT2D eigenvalue weighted by Gasteiger charge is -2.29. The molecule has 0 radical (unpaired) electrons. The van der Waals surface area contributed by atoms with E-state index < -0.39 is 0 Å². The minimum atomic E-state index is 0.211. The van der Waals surface area contributed by atoms with E-state index in [4.69, 9.17) is 11.6 Å². The molecule has 0 atom stereocenters. The molecular formula is C18H21ClN4O. The number of benzene rings is 1. The van der Waals surface area contributed by atoms with Crippen LogP contribution >= 0.6 is 11.6 Å². The number of carbonyl (C=O) groups is 1. The molecule has 3 rings (SSSR count). The standard InChI is InChI=1S/C18H21ClN4O/c1-13-21-16(19)11-17(22-13)20-9-4-7-18(24)23-10-8-14-5-2-3-6-15(14)12-23/h2-3,5-6,11H,4,7-10,12H2,1H3,(H,20,21,22). The smallest absolute Gasteiger partial charge is 0.222 e. The lowest BCUT2D eigenvalue weighted by molar-refractivity contribution is -0.132. The van der Waals surface area contributed by atoms with Crippen molar-refractivity contribution >= 4 is 23.3 Å². The van der Waals surface area contributed by atoms with E-state index in [1.54, 1.807) is 13.0 Å². The fourth-order valence-corrected chi connectivity index (χ4v) is 3.17. The highest BCUT2D eigenvalue weighted by atomic mass is 35.5. The number of rotatable bonds is 5. The Morgan fingerprint density at radius 1 is 1.29 bits per heavy atom. The van der Waals surface area contributed by atoms with E-state index in [0.717, 1.165) is 25.9 Å². The Kier molecular flexibility index (Phi) is 5.30. The van der Waals surface area contributed by atoms with Gasteiger partial charge in [-0.25, -0.2) is 9.97 Å². The molecule has 2 heterocycles. The van der Waals surface area contributed by atoms with E-state index in [9.17, 15) is 4.79 Å². The number of fused-ring (bicyclic) bond motifs is 1. The first kappa shape index (κ1) is 16.7. The summed E-state index contributed by atoms with van der Waals surface area (Å²) in [5, 5.41) is 3.62. The number of hydrogen-bond acceptors (Lipinski definition) is 4. The highest BCUT2D eigenvalue weighted by Crippen LogP contribution is 2.19. The van der Waals surface area contributed by atoms with Crippen molar-refractivity contribution in [3.05, 3.63) is 52.4 Å². The first-order valence-corrected chi connectivity index (χ1v) is 8.59. The van der Waals surface area contributed by atoms with Crippen molar-refractivity contribution in [3.63, 3.8) is 0 Å². The molecular weight excluding hydrogens is 324 g/mol. The van der Waals surface area contributed by atoms with Gasteiger partial charge >= 0.3 is 0 Å². The first-order valence-electron chi connectivity index (χ1n) is 8.21. The Hall–Kier alpha value is -2.14. The Labute approximate surface area is 147 Å². The van der Waals surface area contributed by atoms with E-state index in [-0.39, 0.29) is 5.91 Å². The fraction of sp³-hybridized carbons (Fsp3) is 0.389. The minimum absolute atomic E-state index is 0.211. The summed E-state index contributed by atoms with van der Waals surface area (Å²) in [6.07, 6.45) is 2.24. The number of nitrogens with zero attached hydrogens (tertiary/aromatic N) is 3. The average Bonchev–Trinajstić information content (AvgIpc) is 2.57. The summed E-state index contributed by atoms with van der Waals surface area (Å²) in [5.74, 6) is 1.54. The van der Waals surface area contributed by atoms with Crippen molar-refractivity contribution in [2.45, 2.75) is 32.7 Å². The molecule has 1 aliphatic rings. The van der Waals surface area contributed by atoms with Gasteiger partial charge in [-0.1, -0.05) is 35.9 Å². The third-order valence-corrected chi connectivity index (χ3v) is 4.36. The Balaban J connectivity index is 1.45. The van der Waals surface area contributed by atoms with Crippen LogP contribution in [0, 0.1) is 6.92 Å². The second-order valence-electron chi connectivity index (χ2n) is 5.99. The summed E-state index contributed by atoms with van der Waals surface area (Å²) in [4.78, 5) is 22.6. The van der Waals surface area contributed by atoms with Crippen LogP contribution in [0.1, 0.15) is 29.8 Å². The number of hydrogen-bond donors (Lipinski definition) is 1. The summed E-state index contributed by atoms with van der Waals surface area (Å²) in [5.41, 5.74) is 2.63. The molecule has 0 spiro atoms. The highest BCUT2D eigenvalue weighted by Gasteiger charge is 2.19.